The Balaban J connectivity index is 2.33. The van der Waals surface area contributed by atoms with E-state index in [0.29, 0.717) is 0 Å². The van der Waals surface area contributed by atoms with Crippen molar-refractivity contribution in [2.45, 2.75) is 4.90 Å². The molecule has 0 saturated heterocycles. The average molecular weight is 268 g/mol. The molecular weight excluding hydrogens is 259 g/mol. The van der Waals surface area contributed by atoms with Crippen molar-refractivity contribution in [3.8, 4) is 0 Å². The van der Waals surface area contributed by atoms with Gasteiger partial charge < -0.3 is 4.98 Å². The average Bonchev–Trinajstić information content (AvgIpc) is 2.29. The summed E-state index contributed by atoms with van der Waals surface area (Å²) in [5.41, 5.74) is -0.291. The first-order valence-electron chi connectivity index (χ1n) is 4.94. The van der Waals surface area contributed by atoms with Crippen LogP contribution in [0.15, 0.2) is 52.3 Å². The molecule has 2 aromatic rings. The van der Waals surface area contributed by atoms with Crippen LogP contribution < -0.4 is 10.3 Å². The lowest BCUT2D eigenvalue weighted by Crippen LogP contribution is -2.15. The lowest BCUT2D eigenvalue weighted by Gasteiger charge is -2.07. The second-order valence-electron chi connectivity index (χ2n) is 3.50. The minimum absolute atomic E-state index is 0.105. The molecule has 5 nitrogen and oxygen atoms in total. The zero-order valence-corrected chi connectivity index (χ0v) is 9.87. The Kier molecular flexibility index (Phi) is 3.15. The van der Waals surface area contributed by atoms with Crippen molar-refractivity contribution in [3.63, 3.8) is 0 Å². The summed E-state index contributed by atoms with van der Waals surface area (Å²) in [7, 11) is -3.83. The van der Waals surface area contributed by atoms with Gasteiger partial charge in [-0.25, -0.2) is 12.8 Å². The molecule has 0 saturated carbocycles. The van der Waals surface area contributed by atoms with Gasteiger partial charge in [0.05, 0.1) is 5.69 Å². The standard InChI is InChI=1S/C11H9FN2O3S/c12-8-2-1-3-9(6-8)14-18(16,17)10-4-5-11(15)13-7-10/h1-7,14H,(H,13,15). The van der Waals surface area contributed by atoms with E-state index < -0.39 is 21.4 Å². The molecule has 1 heterocycles. The summed E-state index contributed by atoms with van der Waals surface area (Å²) in [6, 6.07) is 7.34. The Hall–Kier alpha value is -2.15. The predicted octanol–water partition coefficient (Wildman–Crippen LogP) is 1.31. The first-order chi connectivity index (χ1) is 8.47. The number of sulfonamides is 1. The maximum Gasteiger partial charge on any atom is 0.263 e. The van der Waals surface area contributed by atoms with Gasteiger partial charge in [-0.05, 0) is 24.3 Å². The van der Waals surface area contributed by atoms with Gasteiger partial charge in [-0.15, -0.1) is 0 Å². The summed E-state index contributed by atoms with van der Waals surface area (Å²) >= 11 is 0. The van der Waals surface area contributed by atoms with Crippen LogP contribution in [0.2, 0.25) is 0 Å². The SMILES string of the molecule is O=c1ccc(S(=O)(=O)Nc2cccc(F)c2)c[nH]1. The first-order valence-corrected chi connectivity index (χ1v) is 6.43. The summed E-state index contributed by atoms with van der Waals surface area (Å²) in [6.07, 6.45) is 1.07. The van der Waals surface area contributed by atoms with E-state index in [9.17, 15) is 17.6 Å². The molecule has 0 aliphatic carbocycles. The van der Waals surface area contributed by atoms with Gasteiger partial charge in [0.1, 0.15) is 10.7 Å². The van der Waals surface area contributed by atoms with Gasteiger partial charge in [0, 0.05) is 12.3 Å². The van der Waals surface area contributed by atoms with Crippen LogP contribution in [0.4, 0.5) is 10.1 Å². The molecule has 0 amide bonds. The van der Waals surface area contributed by atoms with E-state index in [1.807, 2.05) is 0 Å². The van der Waals surface area contributed by atoms with Crippen LogP contribution in [-0.2, 0) is 10.0 Å². The third-order valence-corrected chi connectivity index (χ3v) is 3.52. The smallest absolute Gasteiger partial charge is 0.263 e. The summed E-state index contributed by atoms with van der Waals surface area (Å²) in [4.78, 5) is 13.0. The molecule has 0 aliphatic rings. The van der Waals surface area contributed by atoms with Crippen LogP contribution in [0.3, 0.4) is 0 Å². The number of pyridine rings is 1. The second kappa shape index (κ2) is 4.61. The molecule has 1 aromatic carbocycles. The van der Waals surface area contributed by atoms with Gasteiger partial charge in [-0.1, -0.05) is 6.07 Å². The van der Waals surface area contributed by atoms with Crippen molar-refractivity contribution in [2.24, 2.45) is 0 Å². The van der Waals surface area contributed by atoms with Crippen LogP contribution in [0.25, 0.3) is 0 Å². The molecule has 2 rings (SSSR count). The topological polar surface area (TPSA) is 79.0 Å². The summed E-state index contributed by atoms with van der Waals surface area (Å²) in [5, 5.41) is 0. The van der Waals surface area contributed by atoms with E-state index in [2.05, 4.69) is 9.71 Å². The maximum atomic E-state index is 12.9. The highest BCUT2D eigenvalue weighted by atomic mass is 32.2. The molecule has 0 aliphatic heterocycles. The number of H-pyrrole nitrogens is 1. The molecule has 0 spiro atoms. The molecule has 0 unspecified atom stereocenters. The molecule has 0 fully saturated rings. The van der Waals surface area contributed by atoms with Gasteiger partial charge in [0.15, 0.2) is 0 Å². The largest absolute Gasteiger partial charge is 0.328 e. The minimum Gasteiger partial charge on any atom is -0.328 e. The van der Waals surface area contributed by atoms with Crippen LogP contribution in [0.5, 0.6) is 0 Å². The van der Waals surface area contributed by atoms with Crippen molar-refractivity contribution < 1.29 is 12.8 Å². The monoisotopic (exact) mass is 268 g/mol. The number of halogens is 1. The molecule has 0 radical (unpaired) electrons. The lowest BCUT2D eigenvalue weighted by molar-refractivity contribution is 0.600. The number of benzene rings is 1. The predicted molar refractivity (Wildman–Crippen MR) is 64.3 cm³/mol. The van der Waals surface area contributed by atoms with Crippen molar-refractivity contribution in [1.82, 2.24) is 4.98 Å². The molecule has 7 heteroatoms. The molecule has 0 atom stereocenters. The number of hydrogen-bond donors (Lipinski definition) is 2. The van der Waals surface area contributed by atoms with E-state index in [1.54, 1.807) is 0 Å². The lowest BCUT2D eigenvalue weighted by atomic mass is 10.3. The molecular formula is C11H9FN2O3S. The zero-order chi connectivity index (χ0) is 13.2. The summed E-state index contributed by atoms with van der Waals surface area (Å²) in [5.74, 6) is -0.545. The van der Waals surface area contributed by atoms with Crippen molar-refractivity contribution in [2.75, 3.05) is 4.72 Å². The fourth-order valence-electron chi connectivity index (χ4n) is 1.33. The van der Waals surface area contributed by atoms with E-state index in [0.717, 1.165) is 18.3 Å². The van der Waals surface area contributed by atoms with Crippen molar-refractivity contribution in [1.29, 1.82) is 0 Å². The summed E-state index contributed by atoms with van der Waals surface area (Å²) in [6.45, 7) is 0. The Morgan fingerprint density at radius 1 is 1.17 bits per heavy atom. The Morgan fingerprint density at radius 3 is 2.56 bits per heavy atom. The van der Waals surface area contributed by atoms with E-state index >= 15 is 0 Å². The quantitative estimate of drug-likeness (QED) is 0.881. The molecule has 2 N–H and O–H groups in total. The highest BCUT2D eigenvalue weighted by Crippen LogP contribution is 2.15. The third kappa shape index (κ3) is 2.75. The van der Waals surface area contributed by atoms with Gasteiger partial charge in [0.25, 0.3) is 10.0 Å². The van der Waals surface area contributed by atoms with E-state index in [4.69, 9.17) is 0 Å². The van der Waals surface area contributed by atoms with Gasteiger partial charge in [-0.2, -0.15) is 0 Å². The molecule has 18 heavy (non-hydrogen) atoms. The normalized spacial score (nSPS) is 11.2. The van der Waals surface area contributed by atoms with Crippen molar-refractivity contribution >= 4 is 15.7 Å². The fourth-order valence-corrected chi connectivity index (χ4v) is 2.35. The zero-order valence-electron chi connectivity index (χ0n) is 9.05. The third-order valence-electron chi connectivity index (χ3n) is 2.14. The number of aromatic nitrogens is 1. The number of aromatic amines is 1. The van der Waals surface area contributed by atoms with E-state index in [1.165, 1.54) is 24.3 Å². The molecule has 0 bridgehead atoms. The van der Waals surface area contributed by atoms with Gasteiger partial charge >= 0.3 is 0 Å². The van der Waals surface area contributed by atoms with Crippen LogP contribution in [0, 0.1) is 5.82 Å². The van der Waals surface area contributed by atoms with Crippen LogP contribution in [-0.4, -0.2) is 13.4 Å². The highest BCUT2D eigenvalue weighted by molar-refractivity contribution is 7.92. The number of anilines is 1. The second-order valence-corrected chi connectivity index (χ2v) is 5.19. The van der Waals surface area contributed by atoms with E-state index in [-0.39, 0.29) is 10.6 Å². The molecule has 1 aromatic heterocycles. The highest BCUT2D eigenvalue weighted by Gasteiger charge is 2.14. The molecule has 94 valence electrons. The first kappa shape index (κ1) is 12.3. The number of rotatable bonds is 3. The minimum atomic E-state index is -3.83. The number of hydrogen-bond acceptors (Lipinski definition) is 3. The number of nitrogens with one attached hydrogen (secondary N) is 2. The Labute approximate surface area is 102 Å². The Morgan fingerprint density at radius 2 is 1.94 bits per heavy atom. The fraction of sp³-hybridized carbons (Fsp3) is 0. The van der Waals surface area contributed by atoms with Gasteiger partial charge in [0.2, 0.25) is 5.56 Å². The maximum absolute atomic E-state index is 12.9. The van der Waals surface area contributed by atoms with Crippen molar-refractivity contribution in [3.05, 3.63) is 58.8 Å². The summed E-state index contributed by atoms with van der Waals surface area (Å²) < 4.78 is 38.9. The Bertz CT molecular complexity index is 705. The van der Waals surface area contributed by atoms with Crippen LogP contribution >= 0.6 is 0 Å². The van der Waals surface area contributed by atoms with Gasteiger partial charge in [-0.3, -0.25) is 9.52 Å². The van der Waals surface area contributed by atoms with Crippen LogP contribution in [0.1, 0.15) is 0 Å².